The molecular weight excluding hydrogens is 188 g/mol. The van der Waals surface area contributed by atoms with Crippen molar-refractivity contribution in [2.75, 3.05) is 0 Å². The summed E-state index contributed by atoms with van der Waals surface area (Å²) in [6.07, 6.45) is 4.65. The first-order valence-corrected chi connectivity index (χ1v) is 3.99. The summed E-state index contributed by atoms with van der Waals surface area (Å²) in [5.41, 5.74) is 1.44. The number of halogens is 1. The average molecular weight is 193 g/mol. The van der Waals surface area contributed by atoms with Crippen LogP contribution >= 0.6 is 11.6 Å². The maximum atomic E-state index is 5.82. The first-order chi connectivity index (χ1) is 6.38. The molecule has 13 heavy (non-hydrogen) atoms. The van der Waals surface area contributed by atoms with E-state index in [1.807, 2.05) is 0 Å². The van der Waals surface area contributed by atoms with Crippen LogP contribution in [-0.2, 0) is 0 Å². The van der Waals surface area contributed by atoms with Gasteiger partial charge < -0.3 is 0 Å². The Morgan fingerprint density at radius 3 is 2.62 bits per heavy atom. The molecule has 2 rings (SSSR count). The van der Waals surface area contributed by atoms with Crippen molar-refractivity contribution in [1.29, 1.82) is 0 Å². The molecule has 0 fully saturated rings. The SMILES string of the molecule is Clc1ncnnc1-c1ccncc1. The highest BCUT2D eigenvalue weighted by Gasteiger charge is 2.04. The van der Waals surface area contributed by atoms with Crippen LogP contribution in [0.5, 0.6) is 0 Å². The Morgan fingerprint density at radius 2 is 1.92 bits per heavy atom. The molecule has 0 atom stereocenters. The lowest BCUT2D eigenvalue weighted by atomic mass is 10.2. The second-order valence-electron chi connectivity index (χ2n) is 2.34. The molecule has 0 spiro atoms. The lowest BCUT2D eigenvalue weighted by molar-refractivity contribution is 0.976. The molecule has 0 unspecified atom stereocenters. The van der Waals surface area contributed by atoms with E-state index in [0.717, 1.165) is 5.56 Å². The third-order valence-electron chi connectivity index (χ3n) is 1.53. The van der Waals surface area contributed by atoms with Crippen molar-refractivity contribution in [3.63, 3.8) is 0 Å². The predicted octanol–water partition coefficient (Wildman–Crippen LogP) is 1.59. The Bertz CT molecular complexity index is 404. The Morgan fingerprint density at radius 1 is 1.15 bits per heavy atom. The molecule has 2 aromatic heterocycles. The third kappa shape index (κ3) is 1.62. The normalized spacial score (nSPS) is 9.92. The molecule has 4 nitrogen and oxygen atoms in total. The minimum absolute atomic E-state index is 0.348. The lowest BCUT2D eigenvalue weighted by Gasteiger charge is -1.98. The molecule has 0 amide bonds. The number of aromatic nitrogens is 4. The summed E-state index contributed by atoms with van der Waals surface area (Å²) in [4.78, 5) is 7.72. The van der Waals surface area contributed by atoms with Crippen molar-refractivity contribution >= 4 is 11.6 Å². The zero-order valence-electron chi connectivity index (χ0n) is 6.55. The quantitative estimate of drug-likeness (QED) is 0.689. The van der Waals surface area contributed by atoms with Gasteiger partial charge in [0.15, 0.2) is 5.15 Å². The molecule has 5 heteroatoms. The molecule has 2 heterocycles. The topological polar surface area (TPSA) is 51.6 Å². The zero-order valence-corrected chi connectivity index (χ0v) is 7.31. The smallest absolute Gasteiger partial charge is 0.159 e. The first-order valence-electron chi connectivity index (χ1n) is 3.61. The van der Waals surface area contributed by atoms with E-state index in [2.05, 4.69) is 20.2 Å². The van der Waals surface area contributed by atoms with E-state index in [0.29, 0.717) is 10.8 Å². The van der Waals surface area contributed by atoms with Gasteiger partial charge in [0.25, 0.3) is 0 Å². The standard InChI is InChI=1S/C8H5ClN4/c9-8-7(13-12-5-11-8)6-1-3-10-4-2-6/h1-5H. The van der Waals surface area contributed by atoms with Gasteiger partial charge in [0, 0.05) is 18.0 Å². The summed E-state index contributed by atoms with van der Waals surface area (Å²) in [6.45, 7) is 0. The molecular formula is C8H5ClN4. The monoisotopic (exact) mass is 192 g/mol. The van der Waals surface area contributed by atoms with E-state index >= 15 is 0 Å². The van der Waals surface area contributed by atoms with Crippen LogP contribution in [0.2, 0.25) is 5.15 Å². The Balaban J connectivity index is 2.54. The zero-order chi connectivity index (χ0) is 9.10. The second-order valence-corrected chi connectivity index (χ2v) is 2.69. The summed E-state index contributed by atoms with van der Waals surface area (Å²) < 4.78 is 0. The second kappa shape index (κ2) is 3.45. The Kier molecular flexibility index (Phi) is 2.14. The molecule has 0 aliphatic carbocycles. The highest BCUT2D eigenvalue weighted by atomic mass is 35.5. The average Bonchev–Trinajstić information content (AvgIpc) is 2.20. The number of rotatable bonds is 1. The van der Waals surface area contributed by atoms with Gasteiger partial charge in [-0.25, -0.2) is 4.98 Å². The van der Waals surface area contributed by atoms with Crippen LogP contribution in [0.1, 0.15) is 0 Å². The molecule has 0 aliphatic heterocycles. The van der Waals surface area contributed by atoms with Gasteiger partial charge in [-0.3, -0.25) is 4.98 Å². The van der Waals surface area contributed by atoms with Crippen LogP contribution < -0.4 is 0 Å². The summed E-state index contributed by atoms with van der Waals surface area (Å²) in [6, 6.07) is 3.61. The molecule has 0 radical (unpaired) electrons. The molecule has 0 aromatic carbocycles. The van der Waals surface area contributed by atoms with Gasteiger partial charge in [-0.1, -0.05) is 11.6 Å². The van der Waals surface area contributed by atoms with Gasteiger partial charge in [0.1, 0.15) is 12.0 Å². The van der Waals surface area contributed by atoms with Crippen LogP contribution in [0, 0.1) is 0 Å². The maximum Gasteiger partial charge on any atom is 0.159 e. The molecule has 2 aromatic rings. The van der Waals surface area contributed by atoms with Crippen LogP contribution in [0.25, 0.3) is 11.3 Å². The highest BCUT2D eigenvalue weighted by molar-refractivity contribution is 6.31. The maximum absolute atomic E-state index is 5.82. The molecule has 0 aliphatic rings. The van der Waals surface area contributed by atoms with Gasteiger partial charge >= 0.3 is 0 Å². The molecule has 0 bridgehead atoms. The third-order valence-corrected chi connectivity index (χ3v) is 1.81. The first kappa shape index (κ1) is 8.07. The van der Waals surface area contributed by atoms with E-state index in [1.165, 1.54) is 6.33 Å². The molecule has 0 saturated heterocycles. The Hall–Kier alpha value is -1.55. The fraction of sp³-hybridized carbons (Fsp3) is 0. The number of pyridine rings is 1. The van der Waals surface area contributed by atoms with Gasteiger partial charge in [0.05, 0.1) is 0 Å². The largest absolute Gasteiger partial charge is 0.265 e. The van der Waals surface area contributed by atoms with Crippen LogP contribution in [0.3, 0.4) is 0 Å². The Labute approximate surface area is 79.6 Å². The van der Waals surface area contributed by atoms with E-state index in [1.54, 1.807) is 24.5 Å². The van der Waals surface area contributed by atoms with Gasteiger partial charge in [-0.2, -0.15) is 0 Å². The summed E-state index contributed by atoms with van der Waals surface area (Å²) in [5, 5.41) is 7.88. The van der Waals surface area contributed by atoms with Crippen molar-refractivity contribution in [2.45, 2.75) is 0 Å². The predicted molar refractivity (Wildman–Crippen MR) is 48.1 cm³/mol. The van der Waals surface area contributed by atoms with E-state index in [9.17, 15) is 0 Å². The van der Waals surface area contributed by atoms with Crippen molar-refractivity contribution in [2.24, 2.45) is 0 Å². The van der Waals surface area contributed by atoms with Crippen molar-refractivity contribution in [1.82, 2.24) is 20.2 Å². The lowest BCUT2D eigenvalue weighted by Crippen LogP contribution is -1.90. The molecule has 64 valence electrons. The molecule has 0 saturated carbocycles. The number of hydrogen-bond acceptors (Lipinski definition) is 4. The van der Waals surface area contributed by atoms with Gasteiger partial charge in [0.2, 0.25) is 0 Å². The number of nitrogens with zero attached hydrogens (tertiary/aromatic N) is 4. The van der Waals surface area contributed by atoms with E-state index in [4.69, 9.17) is 11.6 Å². The van der Waals surface area contributed by atoms with Gasteiger partial charge in [-0.05, 0) is 12.1 Å². The van der Waals surface area contributed by atoms with E-state index in [-0.39, 0.29) is 0 Å². The minimum Gasteiger partial charge on any atom is -0.265 e. The summed E-state index contributed by atoms with van der Waals surface area (Å²) >= 11 is 5.82. The van der Waals surface area contributed by atoms with Crippen LogP contribution in [0.4, 0.5) is 0 Å². The van der Waals surface area contributed by atoms with Crippen molar-refractivity contribution in [3.05, 3.63) is 36.0 Å². The fourth-order valence-electron chi connectivity index (χ4n) is 0.949. The molecule has 0 N–H and O–H groups in total. The fourth-order valence-corrected chi connectivity index (χ4v) is 1.14. The minimum atomic E-state index is 0.348. The van der Waals surface area contributed by atoms with Gasteiger partial charge in [-0.15, -0.1) is 10.2 Å². The number of hydrogen-bond donors (Lipinski definition) is 0. The van der Waals surface area contributed by atoms with Crippen LogP contribution in [-0.4, -0.2) is 20.2 Å². The van der Waals surface area contributed by atoms with Crippen molar-refractivity contribution < 1.29 is 0 Å². The van der Waals surface area contributed by atoms with Crippen molar-refractivity contribution in [3.8, 4) is 11.3 Å². The highest BCUT2D eigenvalue weighted by Crippen LogP contribution is 2.20. The summed E-state index contributed by atoms with van der Waals surface area (Å²) in [5.74, 6) is 0. The van der Waals surface area contributed by atoms with Crippen LogP contribution in [0.15, 0.2) is 30.9 Å². The summed E-state index contributed by atoms with van der Waals surface area (Å²) in [7, 11) is 0. The van der Waals surface area contributed by atoms with E-state index < -0.39 is 0 Å².